The molecule has 2 aliphatic heterocycles. The maximum absolute atomic E-state index is 12.7. The summed E-state index contributed by atoms with van der Waals surface area (Å²) in [6, 6.07) is 24.7. The van der Waals surface area contributed by atoms with Crippen LogP contribution in [-0.4, -0.2) is 48.0 Å². The summed E-state index contributed by atoms with van der Waals surface area (Å²) in [5.74, 6) is -0.0815. The fourth-order valence-corrected chi connectivity index (χ4v) is 5.19. The smallest absolute Gasteiger partial charge is 0.255 e. The summed E-state index contributed by atoms with van der Waals surface area (Å²) in [5, 5.41) is 3.01. The summed E-state index contributed by atoms with van der Waals surface area (Å²) in [5.41, 5.74) is 5.61. The monoisotopic (exact) mass is 459 g/mol. The first-order valence-electron chi connectivity index (χ1n) is 11.5. The van der Waals surface area contributed by atoms with Gasteiger partial charge in [-0.15, -0.1) is 0 Å². The lowest BCUT2D eigenvalue weighted by molar-refractivity contribution is 0.0773. The number of amides is 1. The van der Waals surface area contributed by atoms with Gasteiger partial charge in [0.05, 0.1) is 13.2 Å². The van der Waals surface area contributed by atoms with E-state index in [-0.39, 0.29) is 5.91 Å². The summed E-state index contributed by atoms with van der Waals surface area (Å²) in [6.07, 6.45) is 1.10. The highest BCUT2D eigenvalue weighted by atomic mass is 32.2. The van der Waals surface area contributed by atoms with E-state index >= 15 is 0 Å². The molecule has 0 bridgehead atoms. The van der Waals surface area contributed by atoms with Gasteiger partial charge in [0.1, 0.15) is 0 Å². The third-order valence-electron chi connectivity index (χ3n) is 6.15. The number of fused-ring (bicyclic) bond motifs is 1. The Bertz CT molecular complexity index is 1080. The minimum atomic E-state index is -0.0815. The van der Waals surface area contributed by atoms with Crippen LogP contribution in [-0.2, 0) is 24.2 Å². The lowest BCUT2D eigenvalue weighted by atomic mass is 9.99. The quantitative estimate of drug-likeness (QED) is 0.535. The van der Waals surface area contributed by atoms with Crippen molar-refractivity contribution in [2.24, 2.45) is 0 Å². The summed E-state index contributed by atoms with van der Waals surface area (Å²) < 4.78 is 7.70. The number of anilines is 1. The summed E-state index contributed by atoms with van der Waals surface area (Å²) in [7, 11) is 0. The highest BCUT2D eigenvalue weighted by molar-refractivity contribution is 7.97. The molecule has 33 heavy (non-hydrogen) atoms. The Balaban J connectivity index is 1.14. The maximum Gasteiger partial charge on any atom is 0.255 e. The van der Waals surface area contributed by atoms with Gasteiger partial charge in [0.15, 0.2) is 0 Å². The molecule has 6 heteroatoms. The highest BCUT2D eigenvalue weighted by Gasteiger charge is 2.16. The molecule has 0 aliphatic carbocycles. The minimum Gasteiger partial charge on any atom is -0.379 e. The molecule has 3 aromatic rings. The van der Waals surface area contributed by atoms with Crippen LogP contribution in [0.4, 0.5) is 5.69 Å². The van der Waals surface area contributed by atoms with Crippen molar-refractivity contribution in [3.8, 4) is 0 Å². The van der Waals surface area contributed by atoms with E-state index in [4.69, 9.17) is 4.74 Å². The van der Waals surface area contributed by atoms with Crippen LogP contribution in [0.25, 0.3) is 0 Å². The first-order valence-corrected chi connectivity index (χ1v) is 12.3. The third kappa shape index (κ3) is 5.84. The molecule has 1 amide bonds. The molecular weight excluding hydrogens is 430 g/mol. The predicted octanol–water partition coefficient (Wildman–Crippen LogP) is 4.84. The molecule has 0 aromatic heterocycles. The van der Waals surface area contributed by atoms with Gasteiger partial charge in [0.25, 0.3) is 5.91 Å². The van der Waals surface area contributed by atoms with Gasteiger partial charge < -0.3 is 10.1 Å². The fraction of sp³-hybridized carbons (Fsp3) is 0.296. The molecule has 0 radical (unpaired) electrons. The number of nitrogens with zero attached hydrogens (tertiary/aromatic N) is 2. The van der Waals surface area contributed by atoms with Crippen LogP contribution in [0, 0.1) is 0 Å². The number of ether oxygens (including phenoxy) is 1. The molecular formula is C27H29N3O2S. The van der Waals surface area contributed by atoms with Crippen LogP contribution in [0.1, 0.15) is 27.0 Å². The Labute approximate surface area is 199 Å². The number of benzene rings is 3. The number of nitrogens with one attached hydrogen (secondary N) is 1. The molecule has 170 valence electrons. The van der Waals surface area contributed by atoms with Gasteiger partial charge in [-0.3, -0.25) is 9.69 Å². The lowest BCUT2D eigenvalue weighted by Gasteiger charge is -2.28. The normalized spacial score (nSPS) is 16.8. The Kier molecular flexibility index (Phi) is 7.07. The minimum absolute atomic E-state index is 0.0815. The first kappa shape index (κ1) is 22.2. The molecule has 0 spiro atoms. The van der Waals surface area contributed by atoms with Crippen LogP contribution >= 0.6 is 11.9 Å². The zero-order valence-corrected chi connectivity index (χ0v) is 19.5. The van der Waals surface area contributed by atoms with E-state index in [2.05, 4.69) is 63.1 Å². The molecule has 5 nitrogen and oxygen atoms in total. The largest absolute Gasteiger partial charge is 0.379 e. The maximum atomic E-state index is 12.7. The van der Waals surface area contributed by atoms with E-state index in [9.17, 15) is 4.79 Å². The Morgan fingerprint density at radius 2 is 1.61 bits per heavy atom. The van der Waals surface area contributed by atoms with Crippen molar-refractivity contribution in [3.63, 3.8) is 0 Å². The number of rotatable bonds is 6. The van der Waals surface area contributed by atoms with Gasteiger partial charge >= 0.3 is 0 Å². The van der Waals surface area contributed by atoms with Crippen molar-refractivity contribution in [1.82, 2.24) is 9.21 Å². The van der Waals surface area contributed by atoms with Crippen molar-refractivity contribution in [2.45, 2.75) is 24.4 Å². The second-order valence-electron chi connectivity index (χ2n) is 8.54. The van der Waals surface area contributed by atoms with E-state index in [1.54, 1.807) is 11.9 Å². The molecule has 5 rings (SSSR count). The van der Waals surface area contributed by atoms with Gasteiger partial charge in [-0.2, -0.15) is 0 Å². The van der Waals surface area contributed by atoms with Gasteiger partial charge in [0, 0.05) is 48.9 Å². The zero-order valence-electron chi connectivity index (χ0n) is 18.7. The summed E-state index contributed by atoms with van der Waals surface area (Å²) in [6.45, 7) is 6.39. The molecule has 0 unspecified atom stereocenters. The topological polar surface area (TPSA) is 44.8 Å². The third-order valence-corrected chi connectivity index (χ3v) is 7.26. The van der Waals surface area contributed by atoms with E-state index in [1.807, 2.05) is 24.3 Å². The standard InChI is InChI=1S/C27H29N3O2S/c31-27(28-25-9-11-26(12-10-25)33-30-15-17-32-18-16-30)23-7-5-21(6-8-23)19-29-14-13-22-3-1-2-4-24(22)20-29/h1-12H,13-20H2,(H,28,31). The van der Waals surface area contributed by atoms with Gasteiger partial charge in [-0.25, -0.2) is 4.31 Å². The second kappa shape index (κ2) is 10.5. The molecule has 0 atom stereocenters. The van der Waals surface area contributed by atoms with Crippen LogP contribution < -0.4 is 5.32 Å². The Morgan fingerprint density at radius 3 is 2.36 bits per heavy atom. The number of carbonyl (C=O) groups is 1. The molecule has 0 saturated carbocycles. The molecule has 1 fully saturated rings. The van der Waals surface area contributed by atoms with Gasteiger partial charge in [-0.1, -0.05) is 36.4 Å². The number of hydrogen-bond acceptors (Lipinski definition) is 5. The molecule has 1 N–H and O–H groups in total. The van der Waals surface area contributed by atoms with E-state index in [0.717, 1.165) is 58.0 Å². The van der Waals surface area contributed by atoms with E-state index in [1.165, 1.54) is 21.6 Å². The highest BCUT2D eigenvalue weighted by Crippen LogP contribution is 2.25. The number of carbonyl (C=O) groups excluding carboxylic acids is 1. The first-order chi connectivity index (χ1) is 16.2. The summed E-state index contributed by atoms with van der Waals surface area (Å²) >= 11 is 1.74. The summed E-state index contributed by atoms with van der Waals surface area (Å²) in [4.78, 5) is 16.3. The van der Waals surface area contributed by atoms with Crippen molar-refractivity contribution >= 4 is 23.5 Å². The molecule has 3 aromatic carbocycles. The SMILES string of the molecule is O=C(Nc1ccc(SN2CCOCC2)cc1)c1ccc(CN2CCc3ccccc3C2)cc1. The number of morpholine rings is 1. The molecule has 1 saturated heterocycles. The zero-order chi connectivity index (χ0) is 22.5. The molecule has 2 heterocycles. The van der Waals surface area contributed by atoms with Crippen molar-refractivity contribution < 1.29 is 9.53 Å². The van der Waals surface area contributed by atoms with Gasteiger partial charge in [0.2, 0.25) is 0 Å². The van der Waals surface area contributed by atoms with Crippen LogP contribution in [0.3, 0.4) is 0 Å². The predicted molar refractivity (Wildman–Crippen MR) is 133 cm³/mol. The lowest BCUT2D eigenvalue weighted by Crippen LogP contribution is -2.30. The average Bonchev–Trinajstić information content (AvgIpc) is 2.86. The fourth-order valence-electron chi connectivity index (χ4n) is 4.30. The van der Waals surface area contributed by atoms with Crippen LogP contribution in [0.15, 0.2) is 77.7 Å². The van der Waals surface area contributed by atoms with E-state index < -0.39 is 0 Å². The number of hydrogen-bond donors (Lipinski definition) is 1. The second-order valence-corrected chi connectivity index (χ2v) is 9.71. The van der Waals surface area contributed by atoms with E-state index in [0.29, 0.717) is 5.56 Å². The molecule has 2 aliphatic rings. The van der Waals surface area contributed by atoms with Crippen LogP contribution in [0.5, 0.6) is 0 Å². The van der Waals surface area contributed by atoms with Gasteiger partial charge in [-0.05, 0) is 71.5 Å². The average molecular weight is 460 g/mol. The van der Waals surface area contributed by atoms with Crippen molar-refractivity contribution in [1.29, 1.82) is 0 Å². The van der Waals surface area contributed by atoms with Crippen molar-refractivity contribution in [3.05, 3.63) is 95.1 Å². The van der Waals surface area contributed by atoms with Crippen LogP contribution in [0.2, 0.25) is 0 Å². The Morgan fingerprint density at radius 1 is 0.879 bits per heavy atom. The Hall–Kier alpha value is -2.64. The van der Waals surface area contributed by atoms with Crippen molar-refractivity contribution in [2.75, 3.05) is 38.2 Å².